The number of ether oxygens (including phenoxy) is 2. The molecule has 0 saturated heterocycles. The second kappa shape index (κ2) is 5.22. The van der Waals surface area contributed by atoms with Crippen LogP contribution in [0.5, 0.6) is 11.5 Å². The molecule has 1 atom stereocenters. The van der Waals surface area contributed by atoms with Crippen molar-refractivity contribution in [2.45, 2.75) is 25.8 Å². The fourth-order valence-electron chi connectivity index (χ4n) is 2.17. The zero-order chi connectivity index (χ0) is 13.1. The molecule has 1 aromatic carbocycles. The predicted octanol–water partition coefficient (Wildman–Crippen LogP) is 2.57. The molecule has 1 aliphatic rings. The van der Waals surface area contributed by atoms with Crippen LogP contribution in [0.25, 0.3) is 0 Å². The van der Waals surface area contributed by atoms with Gasteiger partial charge in [-0.25, -0.2) is 0 Å². The number of H-pyrrole nitrogens is 1. The van der Waals surface area contributed by atoms with Gasteiger partial charge in [0.25, 0.3) is 0 Å². The molecule has 2 N–H and O–H groups in total. The Bertz CT molecular complexity index is 540. The lowest BCUT2D eigenvalue weighted by Crippen LogP contribution is -2.15. The van der Waals surface area contributed by atoms with E-state index >= 15 is 0 Å². The predicted molar refractivity (Wildman–Crippen MR) is 72.6 cm³/mol. The SMILES string of the molecule is CC(CCc1ccc2c(c1)OCO2)Nc1cn[nH]c1. The van der Waals surface area contributed by atoms with Gasteiger partial charge in [-0.15, -0.1) is 0 Å². The maximum atomic E-state index is 5.38. The minimum absolute atomic E-state index is 0.331. The van der Waals surface area contributed by atoms with Gasteiger partial charge >= 0.3 is 0 Å². The largest absolute Gasteiger partial charge is 0.454 e. The molecule has 2 aromatic rings. The van der Waals surface area contributed by atoms with Gasteiger partial charge < -0.3 is 14.8 Å². The average molecular weight is 259 g/mol. The molecule has 0 amide bonds. The second-order valence-corrected chi connectivity index (χ2v) is 4.76. The summed E-state index contributed by atoms with van der Waals surface area (Å²) >= 11 is 0. The van der Waals surface area contributed by atoms with Crippen molar-refractivity contribution in [2.24, 2.45) is 0 Å². The number of benzene rings is 1. The summed E-state index contributed by atoms with van der Waals surface area (Å²) in [5.41, 5.74) is 2.29. The summed E-state index contributed by atoms with van der Waals surface area (Å²) < 4.78 is 10.7. The Kier molecular flexibility index (Phi) is 3.27. The summed E-state index contributed by atoms with van der Waals surface area (Å²) in [7, 11) is 0. The minimum Gasteiger partial charge on any atom is -0.454 e. The Hall–Kier alpha value is -2.17. The standard InChI is InChI=1S/C14H17N3O2/c1-10(17-12-7-15-16-8-12)2-3-11-4-5-13-14(6-11)19-9-18-13/h4-8,10,17H,2-3,9H2,1H3,(H,15,16). The van der Waals surface area contributed by atoms with E-state index in [9.17, 15) is 0 Å². The highest BCUT2D eigenvalue weighted by Crippen LogP contribution is 2.32. The van der Waals surface area contributed by atoms with E-state index in [0.29, 0.717) is 12.8 Å². The molecule has 2 heterocycles. The number of nitrogens with zero attached hydrogens (tertiary/aromatic N) is 1. The van der Waals surface area contributed by atoms with Crippen molar-refractivity contribution in [3.8, 4) is 11.5 Å². The first-order valence-electron chi connectivity index (χ1n) is 6.45. The molecule has 5 nitrogen and oxygen atoms in total. The number of aromatic amines is 1. The quantitative estimate of drug-likeness (QED) is 0.866. The van der Waals surface area contributed by atoms with Gasteiger partial charge in [0, 0.05) is 12.2 Å². The van der Waals surface area contributed by atoms with Crippen LogP contribution in [0, 0.1) is 0 Å². The van der Waals surface area contributed by atoms with Gasteiger partial charge in [-0.1, -0.05) is 6.07 Å². The van der Waals surface area contributed by atoms with Gasteiger partial charge in [0.2, 0.25) is 6.79 Å². The zero-order valence-corrected chi connectivity index (χ0v) is 10.8. The van der Waals surface area contributed by atoms with Crippen LogP contribution in [0.15, 0.2) is 30.6 Å². The Morgan fingerprint density at radius 2 is 2.26 bits per heavy atom. The summed E-state index contributed by atoms with van der Waals surface area (Å²) in [5.74, 6) is 1.70. The van der Waals surface area contributed by atoms with Crippen molar-refractivity contribution in [3.63, 3.8) is 0 Å². The summed E-state index contributed by atoms with van der Waals surface area (Å²) in [4.78, 5) is 0. The van der Waals surface area contributed by atoms with E-state index < -0.39 is 0 Å². The molecule has 19 heavy (non-hydrogen) atoms. The van der Waals surface area contributed by atoms with Crippen molar-refractivity contribution in [1.29, 1.82) is 0 Å². The Morgan fingerprint density at radius 1 is 1.37 bits per heavy atom. The molecule has 0 saturated carbocycles. The molecule has 0 bridgehead atoms. The van der Waals surface area contributed by atoms with E-state index in [1.807, 2.05) is 12.3 Å². The summed E-state index contributed by atoms with van der Waals surface area (Å²) in [5, 5.41) is 10.1. The molecule has 5 heteroatoms. The average Bonchev–Trinajstić information content (AvgIpc) is 3.06. The number of anilines is 1. The second-order valence-electron chi connectivity index (χ2n) is 4.76. The van der Waals surface area contributed by atoms with E-state index in [4.69, 9.17) is 9.47 Å². The van der Waals surface area contributed by atoms with Crippen molar-refractivity contribution < 1.29 is 9.47 Å². The fourth-order valence-corrected chi connectivity index (χ4v) is 2.17. The van der Waals surface area contributed by atoms with Crippen molar-refractivity contribution in [3.05, 3.63) is 36.2 Å². The van der Waals surface area contributed by atoms with Crippen molar-refractivity contribution in [2.75, 3.05) is 12.1 Å². The van der Waals surface area contributed by atoms with Gasteiger partial charge in [-0.05, 0) is 37.5 Å². The van der Waals surface area contributed by atoms with Crippen LogP contribution in [0.3, 0.4) is 0 Å². The van der Waals surface area contributed by atoms with Gasteiger partial charge in [-0.2, -0.15) is 5.10 Å². The number of nitrogens with one attached hydrogen (secondary N) is 2. The van der Waals surface area contributed by atoms with Crippen LogP contribution in [0.4, 0.5) is 5.69 Å². The van der Waals surface area contributed by atoms with Gasteiger partial charge in [0.15, 0.2) is 11.5 Å². The number of hydrogen-bond donors (Lipinski definition) is 2. The first-order valence-corrected chi connectivity index (χ1v) is 6.45. The maximum absolute atomic E-state index is 5.38. The highest BCUT2D eigenvalue weighted by Gasteiger charge is 2.13. The Morgan fingerprint density at radius 3 is 3.11 bits per heavy atom. The van der Waals surface area contributed by atoms with E-state index in [-0.39, 0.29) is 0 Å². The third-order valence-corrected chi connectivity index (χ3v) is 3.21. The lowest BCUT2D eigenvalue weighted by atomic mass is 10.1. The minimum atomic E-state index is 0.331. The highest BCUT2D eigenvalue weighted by atomic mass is 16.7. The monoisotopic (exact) mass is 259 g/mol. The smallest absolute Gasteiger partial charge is 0.231 e. The summed E-state index contributed by atoms with van der Waals surface area (Å²) in [6, 6.07) is 6.53. The molecular formula is C14H17N3O2. The van der Waals surface area contributed by atoms with E-state index in [2.05, 4.69) is 34.6 Å². The Balaban J connectivity index is 1.54. The third-order valence-electron chi connectivity index (χ3n) is 3.21. The van der Waals surface area contributed by atoms with E-state index in [1.54, 1.807) is 6.20 Å². The lowest BCUT2D eigenvalue weighted by Gasteiger charge is -2.13. The number of hydrogen-bond acceptors (Lipinski definition) is 4. The third kappa shape index (κ3) is 2.81. The van der Waals surface area contributed by atoms with Gasteiger partial charge in [0.05, 0.1) is 11.9 Å². The highest BCUT2D eigenvalue weighted by molar-refractivity contribution is 5.44. The first kappa shape index (κ1) is 11.9. The first-order chi connectivity index (χ1) is 9.31. The molecular weight excluding hydrogens is 242 g/mol. The van der Waals surface area contributed by atoms with Crippen molar-refractivity contribution >= 4 is 5.69 Å². The molecule has 3 rings (SSSR count). The number of aromatic nitrogens is 2. The van der Waals surface area contributed by atoms with E-state index in [0.717, 1.165) is 30.0 Å². The topological polar surface area (TPSA) is 59.2 Å². The zero-order valence-electron chi connectivity index (χ0n) is 10.8. The molecule has 1 unspecified atom stereocenters. The lowest BCUT2D eigenvalue weighted by molar-refractivity contribution is 0.174. The normalized spacial score (nSPS) is 14.4. The number of rotatable bonds is 5. The molecule has 0 aliphatic carbocycles. The maximum Gasteiger partial charge on any atom is 0.231 e. The van der Waals surface area contributed by atoms with Gasteiger partial charge in [0.1, 0.15) is 0 Å². The number of fused-ring (bicyclic) bond motifs is 1. The van der Waals surface area contributed by atoms with Crippen LogP contribution in [-0.2, 0) is 6.42 Å². The summed E-state index contributed by atoms with van der Waals surface area (Å²) in [6.45, 7) is 2.50. The molecule has 1 aromatic heterocycles. The van der Waals surface area contributed by atoms with Crippen LogP contribution >= 0.6 is 0 Å². The number of aryl methyl sites for hydroxylation is 1. The molecule has 100 valence electrons. The molecule has 0 radical (unpaired) electrons. The van der Waals surface area contributed by atoms with Crippen LogP contribution < -0.4 is 14.8 Å². The molecule has 0 fully saturated rings. The van der Waals surface area contributed by atoms with Crippen LogP contribution in [-0.4, -0.2) is 23.0 Å². The van der Waals surface area contributed by atoms with Crippen LogP contribution in [0.1, 0.15) is 18.9 Å². The van der Waals surface area contributed by atoms with Crippen LogP contribution in [0.2, 0.25) is 0 Å². The van der Waals surface area contributed by atoms with Gasteiger partial charge in [-0.3, -0.25) is 5.10 Å². The fraction of sp³-hybridized carbons (Fsp3) is 0.357. The Labute approximate surface area is 111 Å². The van der Waals surface area contributed by atoms with Crippen molar-refractivity contribution in [1.82, 2.24) is 10.2 Å². The molecule has 1 aliphatic heterocycles. The molecule has 0 spiro atoms. The van der Waals surface area contributed by atoms with E-state index in [1.165, 1.54) is 5.56 Å². The summed E-state index contributed by atoms with van der Waals surface area (Å²) in [6.07, 6.45) is 5.70.